The molecule has 0 atom stereocenters. The van der Waals surface area contributed by atoms with Gasteiger partial charge in [-0.15, -0.1) is 10.2 Å². The molecule has 6 nitrogen and oxygen atoms in total. The van der Waals surface area contributed by atoms with Gasteiger partial charge >= 0.3 is 0 Å². The van der Waals surface area contributed by atoms with E-state index in [4.69, 9.17) is 0 Å². The lowest BCUT2D eigenvalue weighted by molar-refractivity contribution is 0.200. The number of piperidine rings is 1. The molecule has 7 heteroatoms. The van der Waals surface area contributed by atoms with E-state index in [0.29, 0.717) is 6.04 Å². The van der Waals surface area contributed by atoms with E-state index in [-0.39, 0.29) is 5.82 Å². The molecular weight excluding hydrogens is 415 g/mol. The van der Waals surface area contributed by atoms with Crippen molar-refractivity contribution in [1.29, 1.82) is 0 Å². The highest BCUT2D eigenvalue weighted by Crippen LogP contribution is 2.30. The Labute approximate surface area is 196 Å². The number of aromatic nitrogens is 2. The SMILES string of the molecule is Cc1cc(F)ccc1CN(C)C1CCN(c2nnc(NCCN(C)C)c3ccccc23)CC1. The average Bonchev–Trinajstić information content (AvgIpc) is 2.81. The first-order valence-corrected chi connectivity index (χ1v) is 11.8. The summed E-state index contributed by atoms with van der Waals surface area (Å²) in [6.07, 6.45) is 2.13. The van der Waals surface area contributed by atoms with E-state index >= 15 is 0 Å². The molecule has 0 unspecified atom stereocenters. The molecule has 33 heavy (non-hydrogen) atoms. The van der Waals surface area contributed by atoms with Gasteiger partial charge in [0.2, 0.25) is 0 Å². The topological polar surface area (TPSA) is 47.5 Å². The molecule has 0 radical (unpaired) electrons. The van der Waals surface area contributed by atoms with Gasteiger partial charge in [-0.05, 0) is 64.2 Å². The zero-order valence-electron chi connectivity index (χ0n) is 20.2. The number of halogens is 1. The van der Waals surface area contributed by atoms with Gasteiger partial charge < -0.3 is 15.1 Å². The van der Waals surface area contributed by atoms with Crippen molar-refractivity contribution in [3.05, 3.63) is 59.4 Å². The van der Waals surface area contributed by atoms with Crippen LogP contribution in [0.25, 0.3) is 10.8 Å². The number of anilines is 2. The lowest BCUT2D eigenvalue weighted by atomic mass is 10.0. The molecule has 1 saturated heterocycles. The number of nitrogens with one attached hydrogen (secondary N) is 1. The van der Waals surface area contributed by atoms with E-state index in [1.807, 2.05) is 13.0 Å². The maximum absolute atomic E-state index is 13.4. The predicted molar refractivity (Wildman–Crippen MR) is 134 cm³/mol. The highest BCUT2D eigenvalue weighted by molar-refractivity contribution is 5.98. The molecule has 0 amide bonds. The summed E-state index contributed by atoms with van der Waals surface area (Å²) in [4.78, 5) is 6.92. The second-order valence-electron chi connectivity index (χ2n) is 9.35. The average molecular weight is 451 g/mol. The second kappa shape index (κ2) is 10.4. The molecule has 1 N–H and O–H groups in total. The molecule has 1 fully saturated rings. The molecule has 0 aliphatic carbocycles. The van der Waals surface area contributed by atoms with Crippen LogP contribution < -0.4 is 10.2 Å². The van der Waals surface area contributed by atoms with Crippen molar-refractivity contribution in [2.75, 3.05) is 57.5 Å². The highest BCUT2D eigenvalue weighted by atomic mass is 19.1. The van der Waals surface area contributed by atoms with Crippen LogP contribution in [0.5, 0.6) is 0 Å². The Kier molecular flexibility index (Phi) is 7.40. The van der Waals surface area contributed by atoms with Crippen LogP contribution in [-0.2, 0) is 6.54 Å². The fraction of sp³-hybridized carbons (Fsp3) is 0.462. The summed E-state index contributed by atoms with van der Waals surface area (Å²) in [5, 5.41) is 14.9. The normalized spacial score (nSPS) is 15.1. The predicted octanol–water partition coefficient (Wildman–Crippen LogP) is 4.15. The number of hydrogen-bond donors (Lipinski definition) is 1. The quantitative estimate of drug-likeness (QED) is 0.556. The first kappa shape index (κ1) is 23.4. The van der Waals surface area contributed by atoms with E-state index in [1.165, 1.54) is 5.56 Å². The van der Waals surface area contributed by atoms with Gasteiger partial charge in [-0.3, -0.25) is 4.90 Å². The summed E-state index contributed by atoms with van der Waals surface area (Å²) in [6, 6.07) is 14.0. The highest BCUT2D eigenvalue weighted by Gasteiger charge is 2.25. The number of likely N-dealkylation sites (N-methyl/N-ethyl adjacent to an activating group) is 1. The third-order valence-corrected chi connectivity index (χ3v) is 6.63. The summed E-state index contributed by atoms with van der Waals surface area (Å²) in [5.41, 5.74) is 2.20. The maximum Gasteiger partial charge on any atom is 0.159 e. The molecular formula is C26H35FN6. The van der Waals surface area contributed by atoms with Crippen molar-refractivity contribution < 1.29 is 4.39 Å². The van der Waals surface area contributed by atoms with Crippen molar-refractivity contribution in [1.82, 2.24) is 20.0 Å². The summed E-state index contributed by atoms with van der Waals surface area (Å²) in [5.74, 6) is 1.65. The van der Waals surface area contributed by atoms with Crippen LogP contribution in [-0.4, -0.2) is 73.4 Å². The summed E-state index contributed by atoms with van der Waals surface area (Å²) in [7, 11) is 6.30. The summed E-state index contributed by atoms with van der Waals surface area (Å²) in [6.45, 7) is 6.49. The number of nitrogens with zero attached hydrogens (tertiary/aromatic N) is 5. The Morgan fingerprint density at radius 1 is 1.03 bits per heavy atom. The molecule has 1 aliphatic rings. The fourth-order valence-corrected chi connectivity index (χ4v) is 4.60. The molecule has 3 aromatic rings. The molecule has 1 aliphatic heterocycles. The number of rotatable bonds is 8. The van der Waals surface area contributed by atoms with E-state index in [9.17, 15) is 4.39 Å². The molecule has 2 aromatic carbocycles. The number of aryl methyl sites for hydroxylation is 1. The van der Waals surface area contributed by atoms with Crippen LogP contribution in [0.3, 0.4) is 0 Å². The number of hydrogen-bond acceptors (Lipinski definition) is 6. The van der Waals surface area contributed by atoms with E-state index < -0.39 is 0 Å². The standard InChI is InChI=1S/C26H35FN6/c1-19-17-21(27)10-9-20(19)18-32(4)22-11-14-33(15-12-22)26-24-8-6-5-7-23(24)25(29-30-26)28-13-16-31(2)3/h5-10,17,22H,11-16,18H2,1-4H3,(H,28,29). The van der Waals surface area contributed by atoms with Gasteiger partial charge in [0, 0.05) is 49.5 Å². The zero-order valence-corrected chi connectivity index (χ0v) is 20.2. The van der Waals surface area contributed by atoms with Crippen LogP contribution in [0.2, 0.25) is 0 Å². The van der Waals surface area contributed by atoms with Crippen LogP contribution in [0.15, 0.2) is 42.5 Å². The maximum atomic E-state index is 13.4. The molecule has 176 valence electrons. The zero-order chi connectivity index (χ0) is 23.4. The fourth-order valence-electron chi connectivity index (χ4n) is 4.60. The van der Waals surface area contributed by atoms with Crippen molar-refractivity contribution >= 4 is 22.4 Å². The van der Waals surface area contributed by atoms with Gasteiger partial charge in [-0.2, -0.15) is 0 Å². The summed E-state index contributed by atoms with van der Waals surface area (Å²) < 4.78 is 13.4. The molecule has 2 heterocycles. The van der Waals surface area contributed by atoms with E-state index in [0.717, 1.165) is 73.5 Å². The van der Waals surface area contributed by atoms with Gasteiger partial charge in [0.1, 0.15) is 5.82 Å². The first-order valence-electron chi connectivity index (χ1n) is 11.8. The van der Waals surface area contributed by atoms with Crippen molar-refractivity contribution in [2.45, 2.75) is 32.4 Å². The third kappa shape index (κ3) is 5.60. The van der Waals surface area contributed by atoms with Crippen LogP contribution in [0.1, 0.15) is 24.0 Å². The lowest BCUT2D eigenvalue weighted by Gasteiger charge is -2.37. The van der Waals surface area contributed by atoms with Crippen LogP contribution >= 0.6 is 0 Å². The second-order valence-corrected chi connectivity index (χ2v) is 9.35. The molecule has 0 saturated carbocycles. The van der Waals surface area contributed by atoms with Gasteiger partial charge in [0.05, 0.1) is 0 Å². The minimum Gasteiger partial charge on any atom is -0.367 e. The van der Waals surface area contributed by atoms with E-state index in [1.54, 1.807) is 12.1 Å². The van der Waals surface area contributed by atoms with E-state index in [2.05, 4.69) is 75.6 Å². The minimum absolute atomic E-state index is 0.167. The van der Waals surface area contributed by atoms with Gasteiger partial charge in [-0.1, -0.05) is 30.3 Å². The Morgan fingerprint density at radius 2 is 1.76 bits per heavy atom. The first-order chi connectivity index (χ1) is 15.9. The Hall–Kier alpha value is -2.77. The van der Waals surface area contributed by atoms with Crippen LogP contribution in [0, 0.1) is 12.7 Å². The number of benzene rings is 2. The summed E-state index contributed by atoms with van der Waals surface area (Å²) >= 11 is 0. The Bertz CT molecular complexity index is 1080. The number of fused-ring (bicyclic) bond motifs is 1. The van der Waals surface area contributed by atoms with Crippen LogP contribution in [0.4, 0.5) is 16.0 Å². The van der Waals surface area contributed by atoms with Crippen molar-refractivity contribution in [3.63, 3.8) is 0 Å². The molecule has 1 aromatic heterocycles. The van der Waals surface area contributed by atoms with Gasteiger partial charge in [0.25, 0.3) is 0 Å². The molecule has 0 spiro atoms. The largest absolute Gasteiger partial charge is 0.367 e. The van der Waals surface area contributed by atoms with Crippen molar-refractivity contribution in [2.24, 2.45) is 0 Å². The minimum atomic E-state index is -0.167. The molecule has 4 rings (SSSR count). The lowest BCUT2D eigenvalue weighted by Crippen LogP contribution is -2.43. The van der Waals surface area contributed by atoms with Gasteiger partial charge in [0.15, 0.2) is 11.6 Å². The van der Waals surface area contributed by atoms with Gasteiger partial charge in [-0.25, -0.2) is 4.39 Å². The Morgan fingerprint density at radius 3 is 2.45 bits per heavy atom. The third-order valence-electron chi connectivity index (χ3n) is 6.63. The Balaban J connectivity index is 1.42. The smallest absolute Gasteiger partial charge is 0.159 e. The van der Waals surface area contributed by atoms with Crippen molar-refractivity contribution in [3.8, 4) is 0 Å². The molecule has 0 bridgehead atoms. The monoisotopic (exact) mass is 450 g/mol.